The molecule has 2 aromatic rings. The van der Waals surface area contributed by atoms with Gasteiger partial charge in [-0.2, -0.15) is 0 Å². The molecule has 5 heteroatoms. The van der Waals surface area contributed by atoms with Gasteiger partial charge in [-0.25, -0.2) is 9.89 Å². The molecule has 0 unspecified atom stereocenters. The van der Waals surface area contributed by atoms with Crippen molar-refractivity contribution in [3.8, 4) is 0 Å². The highest BCUT2D eigenvalue weighted by molar-refractivity contribution is 7.98. The maximum Gasteiger partial charge on any atom is 0.343 e. The first-order valence-corrected chi connectivity index (χ1v) is 7.53. The molecule has 4 nitrogen and oxygen atoms in total. The number of benzene rings is 1. The van der Waals surface area contributed by atoms with Gasteiger partial charge < -0.3 is 0 Å². The summed E-state index contributed by atoms with van der Waals surface area (Å²) in [4.78, 5) is 11.6. The summed E-state index contributed by atoms with van der Waals surface area (Å²) in [5.41, 5.74) is 2.39. The number of nitrogens with zero attached hydrogens (tertiary/aromatic N) is 2. The minimum atomic E-state index is -0.111. The van der Waals surface area contributed by atoms with Crippen molar-refractivity contribution < 1.29 is 0 Å². The first kappa shape index (κ1) is 13.9. The Kier molecular flexibility index (Phi) is 4.85. The third-order valence-electron chi connectivity index (χ3n) is 2.95. The summed E-state index contributed by atoms with van der Waals surface area (Å²) in [6.45, 7) is 4.93. The molecule has 0 aliphatic rings. The molecule has 0 spiro atoms. The lowest BCUT2D eigenvalue weighted by molar-refractivity contribution is 0.573. The molecule has 0 fully saturated rings. The smallest absolute Gasteiger partial charge is 0.270 e. The van der Waals surface area contributed by atoms with E-state index in [9.17, 15) is 4.79 Å². The molecule has 0 aliphatic carbocycles. The minimum Gasteiger partial charge on any atom is -0.270 e. The third kappa shape index (κ3) is 3.73. The van der Waals surface area contributed by atoms with Crippen LogP contribution in [-0.2, 0) is 12.3 Å². The molecule has 0 bridgehead atoms. The van der Waals surface area contributed by atoms with E-state index >= 15 is 0 Å². The van der Waals surface area contributed by atoms with Gasteiger partial charge in [-0.05, 0) is 18.9 Å². The zero-order chi connectivity index (χ0) is 13.7. The van der Waals surface area contributed by atoms with E-state index in [0.29, 0.717) is 0 Å². The molecule has 2 rings (SSSR count). The van der Waals surface area contributed by atoms with Crippen molar-refractivity contribution in [3.63, 3.8) is 0 Å². The molecule has 1 aromatic carbocycles. The fourth-order valence-corrected chi connectivity index (χ4v) is 2.69. The van der Waals surface area contributed by atoms with Crippen LogP contribution in [0.25, 0.3) is 0 Å². The normalized spacial score (nSPS) is 10.8. The fraction of sp³-hybridized carbons (Fsp3) is 0.429. The number of aromatic nitrogens is 3. The Morgan fingerprint density at radius 3 is 2.74 bits per heavy atom. The van der Waals surface area contributed by atoms with E-state index in [1.54, 1.807) is 16.3 Å². The Labute approximate surface area is 117 Å². The van der Waals surface area contributed by atoms with Crippen LogP contribution in [-0.4, -0.2) is 14.8 Å². The predicted octanol–water partition coefficient (Wildman–Crippen LogP) is 2.97. The molecule has 0 saturated heterocycles. The SMILES string of the molecule is CCCCn1c(SCc2ccc(C)cc2)n[nH]c1=O. The average Bonchev–Trinajstić information content (AvgIpc) is 2.76. The number of hydrogen-bond donors (Lipinski definition) is 1. The van der Waals surface area contributed by atoms with Gasteiger partial charge >= 0.3 is 5.69 Å². The largest absolute Gasteiger partial charge is 0.343 e. The van der Waals surface area contributed by atoms with E-state index in [-0.39, 0.29) is 5.69 Å². The fourth-order valence-electron chi connectivity index (χ4n) is 1.76. The van der Waals surface area contributed by atoms with E-state index in [1.807, 2.05) is 0 Å². The van der Waals surface area contributed by atoms with Crippen molar-refractivity contribution in [3.05, 3.63) is 45.9 Å². The highest BCUT2D eigenvalue weighted by atomic mass is 32.2. The van der Waals surface area contributed by atoms with Crippen LogP contribution in [0.4, 0.5) is 0 Å². The summed E-state index contributed by atoms with van der Waals surface area (Å²) in [7, 11) is 0. The van der Waals surface area contributed by atoms with Gasteiger partial charge in [0, 0.05) is 12.3 Å². The van der Waals surface area contributed by atoms with Gasteiger partial charge in [-0.3, -0.25) is 4.57 Å². The van der Waals surface area contributed by atoms with Crippen LogP contribution in [0.5, 0.6) is 0 Å². The molecule has 0 atom stereocenters. The number of unbranched alkanes of at least 4 members (excludes halogenated alkanes) is 1. The van der Waals surface area contributed by atoms with Gasteiger partial charge in [0.2, 0.25) is 0 Å². The molecule has 19 heavy (non-hydrogen) atoms. The van der Waals surface area contributed by atoms with E-state index in [1.165, 1.54) is 11.1 Å². The van der Waals surface area contributed by atoms with Crippen molar-refractivity contribution in [1.29, 1.82) is 0 Å². The highest BCUT2D eigenvalue weighted by Crippen LogP contribution is 2.20. The van der Waals surface area contributed by atoms with E-state index in [0.717, 1.165) is 30.3 Å². The number of hydrogen-bond acceptors (Lipinski definition) is 3. The van der Waals surface area contributed by atoms with Crippen LogP contribution >= 0.6 is 11.8 Å². The molecule has 1 heterocycles. The number of rotatable bonds is 6. The van der Waals surface area contributed by atoms with Crippen LogP contribution in [0.2, 0.25) is 0 Å². The molecule has 1 N–H and O–H groups in total. The Morgan fingerprint density at radius 2 is 2.05 bits per heavy atom. The molecular formula is C14H19N3OS. The van der Waals surface area contributed by atoms with Crippen LogP contribution in [0.3, 0.4) is 0 Å². The van der Waals surface area contributed by atoms with Gasteiger partial charge in [0.15, 0.2) is 5.16 Å². The molecule has 0 aliphatic heterocycles. The zero-order valence-corrected chi connectivity index (χ0v) is 12.2. The zero-order valence-electron chi connectivity index (χ0n) is 11.3. The van der Waals surface area contributed by atoms with Crippen molar-refractivity contribution >= 4 is 11.8 Å². The van der Waals surface area contributed by atoms with Crippen molar-refractivity contribution in [1.82, 2.24) is 14.8 Å². The van der Waals surface area contributed by atoms with E-state index < -0.39 is 0 Å². The monoisotopic (exact) mass is 277 g/mol. The van der Waals surface area contributed by atoms with Crippen molar-refractivity contribution in [2.75, 3.05) is 0 Å². The third-order valence-corrected chi connectivity index (χ3v) is 3.99. The maximum absolute atomic E-state index is 11.6. The number of H-pyrrole nitrogens is 1. The number of aromatic amines is 1. The van der Waals surface area contributed by atoms with Crippen LogP contribution in [0.15, 0.2) is 34.2 Å². The summed E-state index contributed by atoms with van der Waals surface area (Å²) in [6, 6.07) is 8.43. The quantitative estimate of drug-likeness (QED) is 0.826. The van der Waals surface area contributed by atoms with E-state index in [2.05, 4.69) is 48.3 Å². The van der Waals surface area contributed by atoms with Gasteiger partial charge in [-0.1, -0.05) is 54.9 Å². The van der Waals surface area contributed by atoms with Gasteiger partial charge in [0.25, 0.3) is 0 Å². The molecule has 1 aromatic heterocycles. The van der Waals surface area contributed by atoms with Crippen LogP contribution in [0, 0.1) is 6.92 Å². The summed E-state index contributed by atoms with van der Waals surface area (Å²) < 4.78 is 1.72. The second-order valence-corrected chi connectivity index (χ2v) is 5.53. The van der Waals surface area contributed by atoms with Gasteiger partial charge in [-0.15, -0.1) is 5.10 Å². The predicted molar refractivity (Wildman–Crippen MR) is 78.5 cm³/mol. The van der Waals surface area contributed by atoms with Crippen LogP contribution in [0.1, 0.15) is 30.9 Å². The first-order chi connectivity index (χ1) is 9.20. The molecule has 0 saturated carbocycles. The first-order valence-electron chi connectivity index (χ1n) is 6.54. The molecule has 0 amide bonds. The number of aryl methyl sites for hydroxylation is 1. The van der Waals surface area contributed by atoms with Crippen LogP contribution < -0.4 is 5.69 Å². The Hall–Kier alpha value is -1.49. The molecular weight excluding hydrogens is 258 g/mol. The summed E-state index contributed by atoms with van der Waals surface area (Å²) in [6.07, 6.45) is 2.07. The topological polar surface area (TPSA) is 50.7 Å². The second kappa shape index (κ2) is 6.61. The van der Waals surface area contributed by atoms with Gasteiger partial charge in [0.05, 0.1) is 0 Å². The average molecular weight is 277 g/mol. The summed E-state index contributed by atoms with van der Waals surface area (Å²) in [5, 5.41) is 7.39. The standard InChI is InChI=1S/C14H19N3OS/c1-3-4-9-17-13(18)15-16-14(17)19-10-12-7-5-11(2)6-8-12/h5-8H,3-4,9-10H2,1-2H3,(H,15,18). The Balaban J connectivity index is 2.03. The lowest BCUT2D eigenvalue weighted by Gasteiger charge is -2.04. The molecule has 102 valence electrons. The lowest BCUT2D eigenvalue weighted by atomic mass is 10.2. The minimum absolute atomic E-state index is 0.111. The molecule has 0 radical (unpaired) electrons. The van der Waals surface area contributed by atoms with Gasteiger partial charge in [0.1, 0.15) is 0 Å². The number of thioether (sulfide) groups is 1. The summed E-state index contributed by atoms with van der Waals surface area (Å²) in [5.74, 6) is 0.830. The van der Waals surface area contributed by atoms with E-state index in [4.69, 9.17) is 0 Å². The lowest BCUT2D eigenvalue weighted by Crippen LogP contribution is -2.17. The second-order valence-electron chi connectivity index (χ2n) is 4.59. The maximum atomic E-state index is 11.6. The number of nitrogens with one attached hydrogen (secondary N) is 1. The highest BCUT2D eigenvalue weighted by Gasteiger charge is 2.08. The van der Waals surface area contributed by atoms with Crippen molar-refractivity contribution in [2.24, 2.45) is 0 Å². The Bertz CT molecular complexity index is 571. The Morgan fingerprint density at radius 1 is 1.32 bits per heavy atom. The van der Waals surface area contributed by atoms with Crippen molar-refractivity contribution in [2.45, 2.75) is 44.1 Å². The summed E-state index contributed by atoms with van der Waals surface area (Å²) >= 11 is 1.60.